The summed E-state index contributed by atoms with van der Waals surface area (Å²) in [5.41, 5.74) is 0.620. The van der Waals surface area contributed by atoms with E-state index in [1.54, 1.807) is 28.8 Å². The number of amides is 1. The molecule has 8 heteroatoms. The average Bonchev–Trinajstić information content (AvgIpc) is 2.93. The van der Waals surface area contributed by atoms with Crippen molar-refractivity contribution in [3.8, 4) is 11.3 Å². The molecule has 1 amide bonds. The summed E-state index contributed by atoms with van der Waals surface area (Å²) in [6.07, 6.45) is -2.72. The van der Waals surface area contributed by atoms with Crippen LogP contribution in [0.4, 0.5) is 19.0 Å². The van der Waals surface area contributed by atoms with Crippen molar-refractivity contribution in [3.05, 3.63) is 54.2 Å². The van der Waals surface area contributed by atoms with Crippen LogP contribution in [0.1, 0.15) is 12.5 Å². The van der Waals surface area contributed by atoms with Gasteiger partial charge >= 0.3 is 6.18 Å². The smallest absolute Gasteiger partial charge is 0.309 e. The summed E-state index contributed by atoms with van der Waals surface area (Å²) in [4.78, 5) is 16.4. The summed E-state index contributed by atoms with van der Waals surface area (Å²) >= 11 is 5.80. The SMILES string of the molecule is C[C@H](Cl)C(=O)Nc1c(-c2ccc(C(F)(F)F)cc2)nc2ccccn12. The van der Waals surface area contributed by atoms with Gasteiger partial charge in [-0.05, 0) is 31.2 Å². The van der Waals surface area contributed by atoms with Gasteiger partial charge in [0, 0.05) is 11.8 Å². The molecule has 2 aromatic heterocycles. The topological polar surface area (TPSA) is 46.4 Å². The number of benzene rings is 1. The maximum Gasteiger partial charge on any atom is 0.416 e. The molecular formula is C17H13ClF3N3O. The number of anilines is 1. The fourth-order valence-corrected chi connectivity index (χ4v) is 2.40. The predicted molar refractivity (Wildman–Crippen MR) is 89.6 cm³/mol. The van der Waals surface area contributed by atoms with Crippen molar-refractivity contribution in [2.75, 3.05) is 5.32 Å². The Morgan fingerprint density at radius 1 is 1.20 bits per heavy atom. The van der Waals surface area contributed by atoms with Crippen LogP contribution < -0.4 is 5.32 Å². The zero-order chi connectivity index (χ0) is 18.2. The monoisotopic (exact) mass is 367 g/mol. The lowest BCUT2D eigenvalue weighted by Crippen LogP contribution is -2.21. The third-order valence-electron chi connectivity index (χ3n) is 3.62. The van der Waals surface area contributed by atoms with E-state index in [0.717, 1.165) is 12.1 Å². The zero-order valence-corrected chi connectivity index (χ0v) is 13.8. The first-order chi connectivity index (χ1) is 11.8. The number of carbonyl (C=O) groups is 1. The molecule has 130 valence electrons. The van der Waals surface area contributed by atoms with Gasteiger partial charge in [-0.2, -0.15) is 13.2 Å². The highest BCUT2D eigenvalue weighted by atomic mass is 35.5. The van der Waals surface area contributed by atoms with Gasteiger partial charge in [0.05, 0.1) is 5.56 Å². The van der Waals surface area contributed by atoms with Crippen LogP contribution >= 0.6 is 11.6 Å². The number of aromatic nitrogens is 2. The molecule has 3 rings (SSSR count). The number of nitrogens with zero attached hydrogens (tertiary/aromatic N) is 2. The normalized spacial score (nSPS) is 13.0. The number of carbonyl (C=O) groups excluding carboxylic acids is 1. The molecule has 1 atom stereocenters. The van der Waals surface area contributed by atoms with E-state index in [1.165, 1.54) is 19.1 Å². The molecule has 0 radical (unpaired) electrons. The highest BCUT2D eigenvalue weighted by molar-refractivity contribution is 6.32. The Morgan fingerprint density at radius 3 is 2.48 bits per heavy atom. The van der Waals surface area contributed by atoms with Gasteiger partial charge in [0.15, 0.2) is 0 Å². The highest BCUT2D eigenvalue weighted by Gasteiger charge is 2.30. The number of rotatable bonds is 3. The zero-order valence-electron chi connectivity index (χ0n) is 13.0. The van der Waals surface area contributed by atoms with Crippen molar-refractivity contribution < 1.29 is 18.0 Å². The van der Waals surface area contributed by atoms with Crippen molar-refractivity contribution in [1.82, 2.24) is 9.38 Å². The van der Waals surface area contributed by atoms with Crippen LogP contribution in [-0.4, -0.2) is 20.7 Å². The van der Waals surface area contributed by atoms with Crippen LogP contribution in [0.2, 0.25) is 0 Å². The van der Waals surface area contributed by atoms with E-state index in [-0.39, 0.29) is 0 Å². The Kier molecular flexibility index (Phi) is 4.43. The van der Waals surface area contributed by atoms with Gasteiger partial charge in [0.1, 0.15) is 22.5 Å². The first-order valence-electron chi connectivity index (χ1n) is 7.37. The van der Waals surface area contributed by atoms with Gasteiger partial charge in [-0.3, -0.25) is 9.20 Å². The second-order valence-corrected chi connectivity index (χ2v) is 6.07. The lowest BCUT2D eigenvalue weighted by molar-refractivity contribution is -0.137. The van der Waals surface area contributed by atoms with E-state index in [4.69, 9.17) is 11.6 Å². The molecule has 0 aliphatic rings. The Labute approximate surface area is 146 Å². The third-order valence-corrected chi connectivity index (χ3v) is 3.82. The quantitative estimate of drug-likeness (QED) is 0.688. The van der Waals surface area contributed by atoms with Crippen LogP contribution in [0.25, 0.3) is 16.9 Å². The molecule has 1 aromatic carbocycles. The number of hydrogen-bond donors (Lipinski definition) is 1. The number of alkyl halides is 4. The largest absolute Gasteiger partial charge is 0.416 e. The van der Waals surface area contributed by atoms with Crippen molar-refractivity contribution >= 4 is 29.0 Å². The minimum Gasteiger partial charge on any atom is -0.309 e. The maximum atomic E-state index is 12.7. The Balaban J connectivity index is 2.10. The van der Waals surface area contributed by atoms with Gasteiger partial charge in [-0.25, -0.2) is 4.98 Å². The van der Waals surface area contributed by atoms with Crippen molar-refractivity contribution in [1.29, 1.82) is 0 Å². The average molecular weight is 368 g/mol. The van der Waals surface area contributed by atoms with Crippen LogP contribution in [0.15, 0.2) is 48.7 Å². The third kappa shape index (κ3) is 3.46. The van der Waals surface area contributed by atoms with E-state index in [1.807, 2.05) is 0 Å². The van der Waals surface area contributed by atoms with Crippen LogP contribution in [0.3, 0.4) is 0 Å². The first kappa shape index (κ1) is 17.3. The summed E-state index contributed by atoms with van der Waals surface area (Å²) in [5.74, 6) is -0.0756. The van der Waals surface area contributed by atoms with E-state index >= 15 is 0 Å². The molecule has 0 spiro atoms. The van der Waals surface area contributed by atoms with E-state index in [9.17, 15) is 18.0 Å². The molecule has 0 fully saturated rings. The number of imidazole rings is 1. The van der Waals surface area contributed by atoms with Gasteiger partial charge in [-0.1, -0.05) is 18.2 Å². The van der Waals surface area contributed by atoms with Crippen molar-refractivity contribution in [2.45, 2.75) is 18.5 Å². The highest BCUT2D eigenvalue weighted by Crippen LogP contribution is 2.33. The fraction of sp³-hybridized carbons (Fsp3) is 0.176. The molecule has 0 aliphatic heterocycles. The van der Waals surface area contributed by atoms with E-state index in [2.05, 4.69) is 10.3 Å². The molecular weight excluding hydrogens is 355 g/mol. The summed E-state index contributed by atoms with van der Waals surface area (Å²) in [7, 11) is 0. The molecule has 0 bridgehead atoms. The molecule has 25 heavy (non-hydrogen) atoms. The van der Waals surface area contributed by atoms with Gasteiger partial charge in [-0.15, -0.1) is 11.6 Å². The second kappa shape index (κ2) is 6.40. The molecule has 0 aliphatic carbocycles. The lowest BCUT2D eigenvalue weighted by atomic mass is 10.1. The molecule has 0 saturated carbocycles. The van der Waals surface area contributed by atoms with Gasteiger partial charge < -0.3 is 5.32 Å². The maximum absolute atomic E-state index is 12.7. The number of nitrogens with one attached hydrogen (secondary N) is 1. The van der Waals surface area contributed by atoms with Crippen molar-refractivity contribution in [2.24, 2.45) is 0 Å². The fourth-order valence-electron chi connectivity index (χ4n) is 2.35. The van der Waals surface area contributed by atoms with E-state index < -0.39 is 23.0 Å². The molecule has 2 heterocycles. The molecule has 3 aromatic rings. The number of pyridine rings is 1. The van der Waals surface area contributed by atoms with Crippen LogP contribution in [-0.2, 0) is 11.0 Å². The van der Waals surface area contributed by atoms with Gasteiger partial charge in [0.2, 0.25) is 5.91 Å². The first-order valence-corrected chi connectivity index (χ1v) is 7.80. The number of fused-ring (bicyclic) bond motifs is 1. The van der Waals surface area contributed by atoms with E-state index in [0.29, 0.717) is 22.7 Å². The minimum atomic E-state index is -4.41. The summed E-state index contributed by atoms with van der Waals surface area (Å²) in [6, 6.07) is 9.87. The Bertz CT molecular complexity index is 917. The van der Waals surface area contributed by atoms with Gasteiger partial charge in [0.25, 0.3) is 0 Å². The molecule has 0 unspecified atom stereocenters. The summed E-state index contributed by atoms with van der Waals surface area (Å²) < 4.78 is 39.9. The number of halogens is 4. The standard InChI is InChI=1S/C17H13ClF3N3O/c1-10(18)16(25)23-15-14(22-13-4-2-3-9-24(13)15)11-5-7-12(8-6-11)17(19,20)21/h2-10H,1H3,(H,23,25)/t10-/m0/s1. The predicted octanol–water partition coefficient (Wildman–Crippen LogP) is 4.59. The van der Waals surface area contributed by atoms with Crippen molar-refractivity contribution in [3.63, 3.8) is 0 Å². The summed E-state index contributed by atoms with van der Waals surface area (Å²) in [6.45, 7) is 1.53. The lowest BCUT2D eigenvalue weighted by Gasteiger charge is -2.10. The Hall–Kier alpha value is -2.54. The second-order valence-electron chi connectivity index (χ2n) is 5.42. The molecule has 1 N–H and O–H groups in total. The van der Waals surface area contributed by atoms with Crippen LogP contribution in [0.5, 0.6) is 0 Å². The number of hydrogen-bond acceptors (Lipinski definition) is 2. The minimum absolute atomic E-state index is 0.354. The summed E-state index contributed by atoms with van der Waals surface area (Å²) in [5, 5.41) is 1.91. The Morgan fingerprint density at radius 2 is 1.88 bits per heavy atom. The molecule has 4 nitrogen and oxygen atoms in total. The molecule has 0 saturated heterocycles. The van der Waals surface area contributed by atoms with Crippen LogP contribution in [0, 0.1) is 0 Å².